The fraction of sp³-hybridized carbons (Fsp3) is 0.913. The fourth-order valence-electron chi connectivity index (χ4n) is 3.33. The van der Waals surface area contributed by atoms with Crippen LogP contribution in [0.5, 0.6) is 0 Å². The third-order valence-electron chi connectivity index (χ3n) is 5.21. The van der Waals surface area contributed by atoms with Crippen molar-refractivity contribution in [3.8, 4) is 0 Å². The zero-order chi connectivity index (χ0) is 20.9. The van der Waals surface area contributed by atoms with Gasteiger partial charge in [0.2, 0.25) is 0 Å². The van der Waals surface area contributed by atoms with E-state index in [1.165, 1.54) is 89.9 Å². The highest BCUT2D eigenvalue weighted by atomic mass is 16.5. The molecule has 0 rings (SSSR count). The van der Waals surface area contributed by atoms with Gasteiger partial charge in [0, 0.05) is 6.42 Å². The molecular weight excluding hydrogens is 354 g/mol. The van der Waals surface area contributed by atoms with Gasteiger partial charge in [-0.05, 0) is 12.8 Å². The molecule has 0 aliphatic carbocycles. The number of carboxylic acids is 1. The molecule has 0 saturated carbocycles. The molecule has 5 nitrogen and oxygen atoms in total. The van der Waals surface area contributed by atoms with Crippen LogP contribution in [0.15, 0.2) is 0 Å². The first-order valence-electron chi connectivity index (χ1n) is 11.7. The number of carboxylic acid groups (broad SMARTS) is 1. The minimum atomic E-state index is -0.943. The molecule has 3 N–H and O–H groups in total. The van der Waals surface area contributed by atoms with Gasteiger partial charge in [-0.25, -0.2) is 0 Å². The highest BCUT2D eigenvalue weighted by molar-refractivity contribution is 5.76. The Balaban J connectivity index is 3.21. The van der Waals surface area contributed by atoms with Crippen LogP contribution in [0.25, 0.3) is 0 Å². The van der Waals surface area contributed by atoms with Crippen molar-refractivity contribution in [1.29, 1.82) is 0 Å². The summed E-state index contributed by atoms with van der Waals surface area (Å²) in [5.41, 5.74) is 5.60. The maximum absolute atomic E-state index is 11.6. The Labute approximate surface area is 172 Å². The molecular formula is C23H45NO4. The SMILES string of the molecule is CCCCCCCCCCCCCCCCCCOC(=O)C(N)CCC(=O)O. The summed E-state index contributed by atoms with van der Waals surface area (Å²) in [6.07, 6.45) is 21.0. The number of esters is 1. The predicted molar refractivity (Wildman–Crippen MR) is 115 cm³/mol. The van der Waals surface area contributed by atoms with Crippen LogP contribution in [0, 0.1) is 0 Å². The normalized spacial score (nSPS) is 12.1. The van der Waals surface area contributed by atoms with E-state index in [-0.39, 0.29) is 12.8 Å². The molecule has 0 saturated heterocycles. The quantitative estimate of drug-likeness (QED) is 0.183. The Bertz CT molecular complexity index is 374. The number of hydrogen-bond acceptors (Lipinski definition) is 4. The van der Waals surface area contributed by atoms with E-state index in [0.29, 0.717) is 6.61 Å². The van der Waals surface area contributed by atoms with E-state index in [9.17, 15) is 9.59 Å². The summed E-state index contributed by atoms with van der Waals surface area (Å²) in [4.78, 5) is 22.0. The maximum atomic E-state index is 11.6. The number of carbonyl (C=O) groups excluding carboxylic acids is 1. The van der Waals surface area contributed by atoms with E-state index in [4.69, 9.17) is 15.6 Å². The Morgan fingerprint density at radius 2 is 1.14 bits per heavy atom. The molecule has 1 atom stereocenters. The molecule has 5 heteroatoms. The first kappa shape index (κ1) is 26.9. The summed E-state index contributed by atoms with van der Waals surface area (Å²) < 4.78 is 5.10. The van der Waals surface area contributed by atoms with Crippen LogP contribution in [0.1, 0.15) is 122 Å². The van der Waals surface area contributed by atoms with E-state index in [1.807, 2.05) is 0 Å². The average molecular weight is 400 g/mol. The molecule has 166 valence electrons. The van der Waals surface area contributed by atoms with Crippen molar-refractivity contribution >= 4 is 11.9 Å². The van der Waals surface area contributed by atoms with Crippen molar-refractivity contribution < 1.29 is 19.4 Å². The van der Waals surface area contributed by atoms with Gasteiger partial charge >= 0.3 is 11.9 Å². The lowest BCUT2D eigenvalue weighted by Crippen LogP contribution is -2.33. The van der Waals surface area contributed by atoms with E-state index >= 15 is 0 Å². The summed E-state index contributed by atoms with van der Waals surface area (Å²) in [6.45, 7) is 2.65. The summed E-state index contributed by atoms with van der Waals surface area (Å²) in [5.74, 6) is -1.43. The van der Waals surface area contributed by atoms with E-state index < -0.39 is 18.0 Å². The van der Waals surface area contributed by atoms with Gasteiger partial charge in [0.25, 0.3) is 0 Å². The first-order chi connectivity index (χ1) is 13.6. The molecule has 0 heterocycles. The molecule has 0 amide bonds. The Morgan fingerprint density at radius 3 is 1.54 bits per heavy atom. The third kappa shape index (κ3) is 19.7. The second-order valence-electron chi connectivity index (χ2n) is 8.01. The van der Waals surface area contributed by atoms with E-state index in [1.54, 1.807) is 0 Å². The molecule has 0 spiro atoms. The van der Waals surface area contributed by atoms with Gasteiger partial charge in [-0.15, -0.1) is 0 Å². The number of unbranched alkanes of at least 4 members (excludes halogenated alkanes) is 15. The number of ether oxygens (including phenoxy) is 1. The Kier molecular flexibility index (Phi) is 19.8. The number of nitrogens with two attached hydrogens (primary N) is 1. The van der Waals surface area contributed by atoms with Crippen molar-refractivity contribution in [3.05, 3.63) is 0 Å². The van der Waals surface area contributed by atoms with Crippen molar-refractivity contribution in [2.45, 2.75) is 129 Å². The standard InChI is InChI=1S/C23H45NO4/c1-2-3-4-5-6-7-8-9-10-11-12-13-14-15-16-17-20-28-23(27)21(24)18-19-22(25)26/h21H,2-20,24H2,1H3,(H,25,26). The second kappa shape index (κ2) is 20.6. The van der Waals surface area contributed by atoms with Crippen molar-refractivity contribution in [2.75, 3.05) is 6.61 Å². The van der Waals surface area contributed by atoms with Crippen molar-refractivity contribution in [2.24, 2.45) is 5.73 Å². The molecule has 0 fully saturated rings. The lowest BCUT2D eigenvalue weighted by Gasteiger charge is -2.10. The van der Waals surface area contributed by atoms with Crippen LogP contribution >= 0.6 is 0 Å². The summed E-state index contributed by atoms with van der Waals surface area (Å²) in [7, 11) is 0. The molecule has 0 aromatic carbocycles. The van der Waals surface area contributed by atoms with Crippen molar-refractivity contribution in [1.82, 2.24) is 0 Å². The number of carbonyl (C=O) groups is 2. The van der Waals surface area contributed by atoms with Crippen LogP contribution in [-0.2, 0) is 14.3 Å². The molecule has 0 aromatic rings. The lowest BCUT2D eigenvalue weighted by molar-refractivity contribution is -0.145. The zero-order valence-corrected chi connectivity index (χ0v) is 18.3. The number of aliphatic carboxylic acids is 1. The largest absolute Gasteiger partial charge is 0.481 e. The van der Waals surface area contributed by atoms with Crippen LogP contribution in [0.3, 0.4) is 0 Å². The third-order valence-corrected chi connectivity index (χ3v) is 5.21. The minimum absolute atomic E-state index is 0.102. The van der Waals surface area contributed by atoms with Gasteiger partial charge in [-0.3, -0.25) is 9.59 Å². The summed E-state index contributed by atoms with van der Waals surface area (Å²) in [6, 6.07) is -0.822. The van der Waals surface area contributed by atoms with Gasteiger partial charge in [0.1, 0.15) is 6.04 Å². The fourth-order valence-corrected chi connectivity index (χ4v) is 3.33. The van der Waals surface area contributed by atoms with E-state index in [2.05, 4.69) is 6.92 Å². The smallest absolute Gasteiger partial charge is 0.322 e. The molecule has 0 bridgehead atoms. The van der Waals surface area contributed by atoms with Crippen molar-refractivity contribution in [3.63, 3.8) is 0 Å². The topological polar surface area (TPSA) is 89.6 Å². The van der Waals surface area contributed by atoms with Crippen LogP contribution in [0.4, 0.5) is 0 Å². The molecule has 28 heavy (non-hydrogen) atoms. The summed E-state index contributed by atoms with van der Waals surface area (Å²) in [5, 5.41) is 8.57. The van der Waals surface area contributed by atoms with Gasteiger partial charge in [-0.1, -0.05) is 103 Å². The highest BCUT2D eigenvalue weighted by Gasteiger charge is 2.15. The van der Waals surface area contributed by atoms with Crippen LogP contribution in [-0.4, -0.2) is 29.7 Å². The van der Waals surface area contributed by atoms with E-state index in [0.717, 1.165) is 12.8 Å². The van der Waals surface area contributed by atoms with Gasteiger partial charge in [-0.2, -0.15) is 0 Å². The second-order valence-corrected chi connectivity index (χ2v) is 8.01. The number of hydrogen-bond donors (Lipinski definition) is 2. The molecule has 0 aliphatic heterocycles. The minimum Gasteiger partial charge on any atom is -0.481 e. The first-order valence-corrected chi connectivity index (χ1v) is 11.7. The average Bonchev–Trinajstić information content (AvgIpc) is 2.68. The lowest BCUT2D eigenvalue weighted by atomic mass is 10.0. The Hall–Kier alpha value is -1.10. The van der Waals surface area contributed by atoms with Crippen LogP contribution in [0.2, 0.25) is 0 Å². The predicted octanol–water partition coefficient (Wildman–Crippen LogP) is 5.98. The molecule has 0 aliphatic rings. The molecule has 0 aromatic heterocycles. The Morgan fingerprint density at radius 1 is 0.750 bits per heavy atom. The zero-order valence-electron chi connectivity index (χ0n) is 18.3. The molecule has 1 unspecified atom stereocenters. The van der Waals surface area contributed by atoms with Gasteiger partial charge in [0.05, 0.1) is 6.61 Å². The van der Waals surface area contributed by atoms with Crippen LogP contribution < -0.4 is 5.73 Å². The summed E-state index contributed by atoms with van der Waals surface area (Å²) >= 11 is 0. The van der Waals surface area contributed by atoms with Gasteiger partial charge in [0.15, 0.2) is 0 Å². The number of rotatable bonds is 21. The highest BCUT2D eigenvalue weighted by Crippen LogP contribution is 2.13. The monoisotopic (exact) mass is 399 g/mol. The maximum Gasteiger partial charge on any atom is 0.322 e. The van der Waals surface area contributed by atoms with Gasteiger partial charge < -0.3 is 15.6 Å². The molecule has 0 radical (unpaired) electrons.